The number of rotatable bonds is 7. The molecule has 0 saturated heterocycles. The lowest BCUT2D eigenvalue weighted by Gasteiger charge is -2.12. The van der Waals surface area contributed by atoms with Crippen molar-refractivity contribution in [3.05, 3.63) is 81.3 Å². The highest BCUT2D eigenvalue weighted by atomic mass is 35.5. The SMILES string of the molecule is O=Cc1nc(Cn2nc(-c3ccc(Cl)cc3)n(CCC(F)(F)F)c2=O)nn1-c1ccccc1C(F)(F)F. The molecule has 37 heavy (non-hydrogen) atoms. The Morgan fingerprint density at radius 1 is 0.946 bits per heavy atom. The van der Waals surface area contributed by atoms with Crippen molar-refractivity contribution in [1.29, 1.82) is 0 Å². The molecule has 0 aliphatic carbocycles. The second-order valence-corrected chi connectivity index (χ2v) is 8.15. The van der Waals surface area contributed by atoms with Crippen LogP contribution in [-0.4, -0.2) is 41.6 Å². The van der Waals surface area contributed by atoms with Crippen LogP contribution in [-0.2, 0) is 19.3 Å². The first-order valence-corrected chi connectivity index (χ1v) is 10.8. The number of hydrogen-bond acceptors (Lipinski definition) is 5. The van der Waals surface area contributed by atoms with Crippen LogP contribution in [0.15, 0.2) is 53.3 Å². The van der Waals surface area contributed by atoms with E-state index in [2.05, 4.69) is 15.2 Å². The molecule has 0 unspecified atom stereocenters. The van der Waals surface area contributed by atoms with Crippen molar-refractivity contribution in [2.24, 2.45) is 0 Å². The zero-order valence-corrected chi connectivity index (χ0v) is 19.2. The van der Waals surface area contributed by atoms with Crippen molar-refractivity contribution in [3.8, 4) is 17.1 Å². The third kappa shape index (κ3) is 5.74. The Kier molecular flexibility index (Phi) is 6.95. The molecule has 15 heteroatoms. The summed E-state index contributed by atoms with van der Waals surface area (Å²) in [5.74, 6) is -0.832. The van der Waals surface area contributed by atoms with Crippen LogP contribution in [0.1, 0.15) is 28.4 Å². The molecule has 0 atom stereocenters. The lowest BCUT2D eigenvalue weighted by Crippen LogP contribution is -2.27. The molecule has 194 valence electrons. The fraction of sp³-hybridized carbons (Fsp3) is 0.227. The number of aromatic nitrogens is 6. The number of hydrogen-bond donors (Lipinski definition) is 0. The molecule has 0 bridgehead atoms. The lowest BCUT2D eigenvalue weighted by atomic mass is 10.1. The Labute approximate surface area is 208 Å². The molecule has 4 aromatic rings. The summed E-state index contributed by atoms with van der Waals surface area (Å²) in [5, 5.41) is 8.39. The standard InChI is InChI=1S/C22H15ClF6N6O2/c23-14-7-5-13(6-8-14)19-32-34(20(37)33(19)10-9-21(24,25)26)11-17-30-18(12-36)35(31-17)16-4-2-1-3-15(16)22(27,28)29/h1-8,12H,9-11H2. The Morgan fingerprint density at radius 2 is 1.62 bits per heavy atom. The van der Waals surface area contributed by atoms with E-state index in [4.69, 9.17) is 11.6 Å². The van der Waals surface area contributed by atoms with Gasteiger partial charge in [0.25, 0.3) is 0 Å². The molecule has 0 amide bonds. The third-order valence-electron chi connectivity index (χ3n) is 5.15. The van der Waals surface area contributed by atoms with Crippen LogP contribution in [0, 0.1) is 0 Å². The molecule has 0 aliphatic rings. The highest BCUT2D eigenvalue weighted by Gasteiger charge is 2.35. The van der Waals surface area contributed by atoms with Crippen LogP contribution < -0.4 is 5.69 Å². The normalized spacial score (nSPS) is 12.2. The topological polar surface area (TPSA) is 87.6 Å². The van der Waals surface area contributed by atoms with Crippen LogP contribution in [0.5, 0.6) is 0 Å². The van der Waals surface area contributed by atoms with Gasteiger partial charge in [-0.1, -0.05) is 23.7 Å². The Morgan fingerprint density at radius 3 is 2.24 bits per heavy atom. The van der Waals surface area contributed by atoms with Gasteiger partial charge in [-0.05, 0) is 36.4 Å². The molecular weight excluding hydrogens is 530 g/mol. The second kappa shape index (κ2) is 9.84. The predicted molar refractivity (Wildman–Crippen MR) is 118 cm³/mol. The summed E-state index contributed by atoms with van der Waals surface area (Å²) in [7, 11) is 0. The van der Waals surface area contributed by atoms with E-state index in [1.807, 2.05) is 0 Å². The van der Waals surface area contributed by atoms with Crippen LogP contribution in [0.2, 0.25) is 5.02 Å². The first-order chi connectivity index (χ1) is 17.4. The summed E-state index contributed by atoms with van der Waals surface area (Å²) in [6, 6.07) is 10.2. The first-order valence-electron chi connectivity index (χ1n) is 10.5. The number of aldehydes is 1. The van der Waals surface area contributed by atoms with Crippen LogP contribution in [0.25, 0.3) is 17.1 Å². The van der Waals surface area contributed by atoms with E-state index >= 15 is 0 Å². The maximum absolute atomic E-state index is 13.5. The molecule has 0 spiro atoms. The van der Waals surface area contributed by atoms with Crippen molar-refractivity contribution in [1.82, 2.24) is 29.1 Å². The first kappa shape index (κ1) is 26.1. The van der Waals surface area contributed by atoms with E-state index in [0.717, 1.165) is 27.4 Å². The van der Waals surface area contributed by atoms with Crippen molar-refractivity contribution in [2.75, 3.05) is 0 Å². The third-order valence-corrected chi connectivity index (χ3v) is 5.41. The fourth-order valence-electron chi connectivity index (χ4n) is 3.52. The van der Waals surface area contributed by atoms with Gasteiger partial charge < -0.3 is 0 Å². The number of para-hydroxylation sites is 1. The van der Waals surface area contributed by atoms with Crippen molar-refractivity contribution < 1.29 is 31.1 Å². The number of carbonyl (C=O) groups excluding carboxylic acids is 1. The minimum absolute atomic E-state index is 0.0941. The number of nitrogens with zero attached hydrogens (tertiary/aromatic N) is 6. The van der Waals surface area contributed by atoms with Gasteiger partial charge in [0.15, 0.2) is 23.8 Å². The largest absolute Gasteiger partial charge is 0.418 e. The van der Waals surface area contributed by atoms with Crippen molar-refractivity contribution >= 4 is 17.9 Å². The molecule has 2 aromatic carbocycles. The Hall–Kier alpha value is -3.94. The average Bonchev–Trinajstić information content (AvgIpc) is 3.38. The predicted octanol–water partition coefficient (Wildman–Crippen LogP) is 4.78. The van der Waals surface area contributed by atoms with Gasteiger partial charge in [-0.25, -0.2) is 19.1 Å². The van der Waals surface area contributed by atoms with Gasteiger partial charge in [0.1, 0.15) is 6.54 Å². The van der Waals surface area contributed by atoms with E-state index < -0.39 is 54.6 Å². The monoisotopic (exact) mass is 544 g/mol. The molecule has 8 nitrogen and oxygen atoms in total. The molecule has 0 N–H and O–H groups in total. The second-order valence-electron chi connectivity index (χ2n) is 7.72. The number of carbonyl (C=O) groups is 1. The van der Waals surface area contributed by atoms with E-state index in [9.17, 15) is 35.9 Å². The van der Waals surface area contributed by atoms with Gasteiger partial charge in [0.2, 0.25) is 0 Å². The van der Waals surface area contributed by atoms with Crippen LogP contribution in [0.4, 0.5) is 26.3 Å². The van der Waals surface area contributed by atoms with E-state index in [1.165, 1.54) is 30.3 Å². The maximum Gasteiger partial charge on any atom is 0.418 e. The summed E-state index contributed by atoms with van der Waals surface area (Å²) in [6.45, 7) is -1.26. The quantitative estimate of drug-likeness (QED) is 0.247. The minimum Gasteiger partial charge on any atom is -0.294 e. The molecule has 2 heterocycles. The summed E-state index contributed by atoms with van der Waals surface area (Å²) < 4.78 is 81.3. The van der Waals surface area contributed by atoms with Gasteiger partial charge in [0, 0.05) is 17.1 Å². The molecule has 0 fully saturated rings. The molecule has 2 aromatic heterocycles. The number of alkyl halides is 6. The van der Waals surface area contributed by atoms with Crippen molar-refractivity contribution in [2.45, 2.75) is 31.9 Å². The van der Waals surface area contributed by atoms with E-state index in [1.54, 1.807) is 0 Å². The molecule has 4 rings (SSSR count). The minimum atomic E-state index is -4.76. The molecular formula is C22H15ClF6N6O2. The van der Waals surface area contributed by atoms with E-state index in [-0.39, 0.29) is 17.9 Å². The summed E-state index contributed by atoms with van der Waals surface area (Å²) in [5.41, 5.74) is -2.18. The van der Waals surface area contributed by atoms with Gasteiger partial charge >= 0.3 is 18.0 Å². The molecule has 0 aliphatic heterocycles. The van der Waals surface area contributed by atoms with Crippen LogP contribution in [0.3, 0.4) is 0 Å². The van der Waals surface area contributed by atoms with Crippen LogP contribution >= 0.6 is 11.6 Å². The average molecular weight is 545 g/mol. The van der Waals surface area contributed by atoms with Gasteiger partial charge in [-0.2, -0.15) is 26.3 Å². The molecule has 0 saturated carbocycles. The zero-order chi connectivity index (χ0) is 27.0. The highest BCUT2D eigenvalue weighted by Crippen LogP contribution is 2.33. The highest BCUT2D eigenvalue weighted by molar-refractivity contribution is 6.30. The number of benzene rings is 2. The fourth-order valence-corrected chi connectivity index (χ4v) is 3.64. The van der Waals surface area contributed by atoms with Gasteiger partial charge in [0.05, 0.1) is 17.7 Å². The zero-order valence-electron chi connectivity index (χ0n) is 18.5. The van der Waals surface area contributed by atoms with Crippen molar-refractivity contribution in [3.63, 3.8) is 0 Å². The van der Waals surface area contributed by atoms with Gasteiger partial charge in [-0.3, -0.25) is 9.36 Å². The maximum atomic E-state index is 13.5. The van der Waals surface area contributed by atoms with Gasteiger partial charge in [-0.15, -0.1) is 10.2 Å². The Bertz CT molecular complexity index is 1490. The summed E-state index contributed by atoms with van der Waals surface area (Å²) in [4.78, 5) is 28.4. The smallest absolute Gasteiger partial charge is 0.294 e. The lowest BCUT2D eigenvalue weighted by molar-refractivity contribution is -0.138. The molecule has 0 radical (unpaired) electrons. The number of halogens is 7. The van der Waals surface area contributed by atoms with E-state index in [0.29, 0.717) is 15.3 Å². The Balaban J connectivity index is 1.76. The summed E-state index contributed by atoms with van der Waals surface area (Å²) >= 11 is 5.86. The summed E-state index contributed by atoms with van der Waals surface area (Å²) in [6.07, 6.45) is -10.4.